The van der Waals surface area contributed by atoms with E-state index in [2.05, 4.69) is 5.16 Å². The van der Waals surface area contributed by atoms with Crippen LogP contribution in [-0.2, 0) is 6.54 Å². The van der Waals surface area contributed by atoms with Gasteiger partial charge in [0.15, 0.2) is 17.3 Å². The van der Waals surface area contributed by atoms with E-state index in [9.17, 15) is 9.18 Å². The van der Waals surface area contributed by atoms with Crippen molar-refractivity contribution in [2.45, 2.75) is 25.4 Å². The maximum Gasteiger partial charge on any atom is 0.254 e. The van der Waals surface area contributed by atoms with Crippen molar-refractivity contribution in [3.63, 3.8) is 0 Å². The summed E-state index contributed by atoms with van der Waals surface area (Å²) in [4.78, 5) is 14.7. The van der Waals surface area contributed by atoms with Gasteiger partial charge in [-0.25, -0.2) is 4.39 Å². The summed E-state index contributed by atoms with van der Waals surface area (Å²) in [7, 11) is 4.62. The summed E-state index contributed by atoms with van der Waals surface area (Å²) in [5.41, 5.74) is 1.61. The zero-order valence-corrected chi connectivity index (χ0v) is 17.6. The molecule has 1 fully saturated rings. The number of hydrogen-bond acceptors (Lipinski definition) is 6. The summed E-state index contributed by atoms with van der Waals surface area (Å²) in [6.07, 6.45) is 1.83. The first-order chi connectivity index (χ1) is 15.0. The summed E-state index contributed by atoms with van der Waals surface area (Å²) in [6.45, 7) is 0.272. The Bertz CT molecular complexity index is 1070. The molecule has 4 rings (SSSR count). The van der Waals surface area contributed by atoms with Crippen molar-refractivity contribution in [1.29, 1.82) is 0 Å². The Kier molecular flexibility index (Phi) is 5.79. The molecule has 0 saturated heterocycles. The molecule has 7 nitrogen and oxygen atoms in total. The minimum Gasteiger partial charge on any atom is -0.493 e. The first-order valence-electron chi connectivity index (χ1n) is 9.86. The van der Waals surface area contributed by atoms with Crippen molar-refractivity contribution in [3.8, 4) is 28.6 Å². The van der Waals surface area contributed by atoms with Gasteiger partial charge < -0.3 is 23.6 Å². The molecule has 0 unspecified atom stereocenters. The zero-order chi connectivity index (χ0) is 22.0. The largest absolute Gasteiger partial charge is 0.493 e. The number of ether oxygens (including phenoxy) is 3. The second kappa shape index (κ2) is 8.67. The fourth-order valence-electron chi connectivity index (χ4n) is 3.46. The number of aromatic nitrogens is 1. The molecule has 1 aromatic heterocycles. The highest BCUT2D eigenvalue weighted by atomic mass is 19.1. The van der Waals surface area contributed by atoms with E-state index in [-0.39, 0.29) is 18.5 Å². The van der Waals surface area contributed by atoms with E-state index in [1.807, 2.05) is 0 Å². The summed E-state index contributed by atoms with van der Waals surface area (Å²) in [5.74, 6) is 1.32. The molecule has 0 spiro atoms. The summed E-state index contributed by atoms with van der Waals surface area (Å²) in [5, 5.41) is 4.13. The molecule has 0 aliphatic heterocycles. The van der Waals surface area contributed by atoms with Crippen LogP contribution in [0.1, 0.15) is 28.9 Å². The highest BCUT2D eigenvalue weighted by Crippen LogP contribution is 2.41. The van der Waals surface area contributed by atoms with Crippen molar-refractivity contribution in [2.24, 2.45) is 0 Å². The lowest BCUT2D eigenvalue weighted by molar-refractivity contribution is 0.0725. The third-order valence-corrected chi connectivity index (χ3v) is 5.16. The normalized spacial score (nSPS) is 13.0. The van der Waals surface area contributed by atoms with Gasteiger partial charge in [-0.15, -0.1) is 0 Å². The maximum atomic E-state index is 13.6. The van der Waals surface area contributed by atoms with Crippen LogP contribution in [0.15, 0.2) is 47.0 Å². The van der Waals surface area contributed by atoms with Crippen LogP contribution in [0.5, 0.6) is 17.2 Å². The van der Waals surface area contributed by atoms with Crippen LogP contribution >= 0.6 is 0 Å². The summed E-state index contributed by atoms with van der Waals surface area (Å²) < 4.78 is 35.2. The Morgan fingerprint density at radius 1 is 1.10 bits per heavy atom. The van der Waals surface area contributed by atoms with Crippen LogP contribution in [0.25, 0.3) is 11.3 Å². The lowest BCUT2D eigenvalue weighted by Crippen LogP contribution is -2.32. The lowest BCUT2D eigenvalue weighted by Gasteiger charge is -2.21. The van der Waals surface area contributed by atoms with Crippen LogP contribution < -0.4 is 14.2 Å². The minimum atomic E-state index is -0.437. The van der Waals surface area contributed by atoms with Gasteiger partial charge in [0.1, 0.15) is 11.5 Å². The molecule has 2 aromatic carbocycles. The van der Waals surface area contributed by atoms with Gasteiger partial charge in [-0.2, -0.15) is 0 Å². The zero-order valence-electron chi connectivity index (χ0n) is 17.6. The van der Waals surface area contributed by atoms with Gasteiger partial charge in [-0.1, -0.05) is 11.2 Å². The van der Waals surface area contributed by atoms with Gasteiger partial charge in [0.05, 0.1) is 27.9 Å². The Morgan fingerprint density at radius 3 is 2.39 bits per heavy atom. The molecule has 0 bridgehead atoms. The Balaban J connectivity index is 1.59. The van der Waals surface area contributed by atoms with E-state index >= 15 is 0 Å². The molecule has 3 aromatic rings. The van der Waals surface area contributed by atoms with Gasteiger partial charge >= 0.3 is 0 Å². The highest BCUT2D eigenvalue weighted by Gasteiger charge is 2.34. The SMILES string of the molecule is COc1cc(-c2cc(CN(C(=O)c3cccc(F)c3)C3CC3)no2)cc(OC)c1OC. The molecular weight excluding hydrogens is 403 g/mol. The van der Waals surface area contributed by atoms with Gasteiger partial charge in [-0.3, -0.25) is 4.79 Å². The van der Waals surface area contributed by atoms with Gasteiger partial charge in [0, 0.05) is 23.2 Å². The Labute approximate surface area is 179 Å². The van der Waals surface area contributed by atoms with E-state index < -0.39 is 5.82 Å². The van der Waals surface area contributed by atoms with E-state index in [0.29, 0.717) is 39.8 Å². The highest BCUT2D eigenvalue weighted by molar-refractivity contribution is 5.94. The third-order valence-electron chi connectivity index (χ3n) is 5.16. The number of benzene rings is 2. The number of nitrogens with zero attached hydrogens (tertiary/aromatic N) is 2. The molecule has 1 aliphatic carbocycles. The monoisotopic (exact) mass is 426 g/mol. The van der Waals surface area contributed by atoms with Gasteiger partial charge in [0.2, 0.25) is 5.75 Å². The number of amides is 1. The van der Waals surface area contributed by atoms with E-state index in [0.717, 1.165) is 12.8 Å². The molecule has 31 heavy (non-hydrogen) atoms. The maximum absolute atomic E-state index is 13.6. The summed E-state index contributed by atoms with van der Waals surface area (Å²) >= 11 is 0. The number of halogens is 1. The fraction of sp³-hybridized carbons (Fsp3) is 0.304. The molecule has 0 atom stereocenters. The lowest BCUT2D eigenvalue weighted by atomic mass is 10.1. The second-order valence-electron chi connectivity index (χ2n) is 7.27. The molecular formula is C23H23FN2O5. The molecule has 1 amide bonds. The van der Waals surface area contributed by atoms with Crippen LogP contribution in [0, 0.1) is 5.82 Å². The number of carbonyl (C=O) groups is 1. The third kappa shape index (κ3) is 4.33. The first kappa shape index (κ1) is 20.7. The van der Waals surface area contributed by atoms with Crippen molar-refractivity contribution < 1.29 is 27.9 Å². The topological polar surface area (TPSA) is 74.0 Å². The van der Waals surface area contributed by atoms with Gasteiger partial charge in [0.25, 0.3) is 5.91 Å². The predicted molar refractivity (Wildman–Crippen MR) is 111 cm³/mol. The smallest absolute Gasteiger partial charge is 0.254 e. The van der Waals surface area contributed by atoms with Gasteiger partial charge in [-0.05, 0) is 43.2 Å². The van der Waals surface area contributed by atoms with Crippen molar-refractivity contribution >= 4 is 5.91 Å². The molecule has 1 saturated carbocycles. The van der Waals surface area contributed by atoms with Crippen LogP contribution in [0.4, 0.5) is 4.39 Å². The van der Waals surface area contributed by atoms with Crippen molar-refractivity contribution in [3.05, 3.63) is 59.5 Å². The molecule has 0 N–H and O–H groups in total. The molecule has 162 valence electrons. The second-order valence-corrected chi connectivity index (χ2v) is 7.27. The molecule has 0 radical (unpaired) electrons. The Morgan fingerprint density at radius 2 is 1.81 bits per heavy atom. The average Bonchev–Trinajstić information content (AvgIpc) is 3.53. The standard InChI is InChI=1S/C23H23FN2O5/c1-28-20-10-15(11-21(29-2)22(20)30-3)19-12-17(25-31-19)13-26(18-7-8-18)23(27)14-5-4-6-16(24)9-14/h4-6,9-12,18H,7-8,13H2,1-3H3. The van der Waals surface area contributed by atoms with Crippen LogP contribution in [0.3, 0.4) is 0 Å². The first-order valence-corrected chi connectivity index (χ1v) is 9.86. The molecule has 8 heteroatoms. The quantitative estimate of drug-likeness (QED) is 0.534. The van der Waals surface area contributed by atoms with E-state index in [1.165, 1.54) is 25.3 Å². The van der Waals surface area contributed by atoms with E-state index in [4.69, 9.17) is 18.7 Å². The Hall–Kier alpha value is -3.55. The molecule has 1 heterocycles. The van der Waals surface area contributed by atoms with Crippen molar-refractivity contribution in [2.75, 3.05) is 21.3 Å². The number of methoxy groups -OCH3 is 3. The van der Waals surface area contributed by atoms with E-state index in [1.54, 1.807) is 43.4 Å². The summed E-state index contributed by atoms with van der Waals surface area (Å²) in [6, 6.07) is 11.1. The number of carbonyl (C=O) groups excluding carboxylic acids is 1. The van der Waals surface area contributed by atoms with Crippen molar-refractivity contribution in [1.82, 2.24) is 10.1 Å². The number of hydrogen-bond donors (Lipinski definition) is 0. The number of rotatable bonds is 8. The van der Waals surface area contributed by atoms with Crippen LogP contribution in [0.2, 0.25) is 0 Å². The van der Waals surface area contributed by atoms with Crippen LogP contribution in [-0.4, -0.2) is 43.3 Å². The minimum absolute atomic E-state index is 0.122. The fourth-order valence-corrected chi connectivity index (χ4v) is 3.46. The average molecular weight is 426 g/mol. The molecule has 1 aliphatic rings. The predicted octanol–water partition coefficient (Wildman–Crippen LogP) is 4.31.